The number of ketones is 1. The molecule has 4 nitrogen and oxygen atoms in total. The molecule has 0 aromatic carbocycles. The van der Waals surface area contributed by atoms with Gasteiger partial charge in [0, 0.05) is 0 Å². The summed E-state index contributed by atoms with van der Waals surface area (Å²) in [5, 5.41) is 2.83. The molecule has 0 rings (SSSR count). The average Bonchev–Trinajstić information content (AvgIpc) is 2.25. The summed E-state index contributed by atoms with van der Waals surface area (Å²) in [5.41, 5.74) is 0. The molecule has 1 atom stereocenters. The van der Waals surface area contributed by atoms with Crippen LogP contribution in [0.1, 0.15) is 47.5 Å². The van der Waals surface area contributed by atoms with Crippen molar-refractivity contribution in [2.24, 2.45) is 5.92 Å². The molecule has 0 heterocycles. The van der Waals surface area contributed by atoms with Gasteiger partial charge in [0.2, 0.25) is 5.91 Å². The molecule has 0 aromatic rings. The maximum atomic E-state index is 11.9. The lowest BCUT2D eigenvalue weighted by atomic mass is 10.0. The van der Waals surface area contributed by atoms with Gasteiger partial charge < -0.3 is 5.32 Å². The number of hydrogen-bond donors (Lipinski definition) is 1. The normalized spacial score (nSPS) is 12.8. The fraction of sp³-hybridized carbons (Fsp3) is 0.857. The van der Waals surface area contributed by atoms with E-state index in [1.807, 2.05) is 13.8 Å². The van der Waals surface area contributed by atoms with Gasteiger partial charge in [-0.25, -0.2) is 0 Å². The molecule has 1 amide bonds. The third-order valence-electron chi connectivity index (χ3n) is 2.87. The van der Waals surface area contributed by atoms with Gasteiger partial charge in [0.05, 0.1) is 12.6 Å². The van der Waals surface area contributed by atoms with E-state index in [0.29, 0.717) is 6.54 Å². The largest absolute Gasteiger partial charge is 0.345 e. The van der Waals surface area contributed by atoms with Gasteiger partial charge in [0.1, 0.15) is 0 Å². The second kappa shape index (κ2) is 9.09. The minimum Gasteiger partial charge on any atom is -0.345 e. The summed E-state index contributed by atoms with van der Waals surface area (Å²) in [6.45, 7) is 11.9. The lowest BCUT2D eigenvalue weighted by Crippen LogP contribution is -2.47. The monoisotopic (exact) mass is 256 g/mol. The van der Waals surface area contributed by atoms with E-state index >= 15 is 0 Å². The van der Waals surface area contributed by atoms with E-state index in [1.54, 1.807) is 0 Å². The summed E-state index contributed by atoms with van der Waals surface area (Å²) >= 11 is 0. The van der Waals surface area contributed by atoms with Gasteiger partial charge >= 0.3 is 0 Å². The molecule has 0 aliphatic carbocycles. The average molecular weight is 256 g/mol. The molecule has 0 aliphatic rings. The first-order valence-corrected chi connectivity index (χ1v) is 6.94. The van der Waals surface area contributed by atoms with Crippen molar-refractivity contribution in [1.29, 1.82) is 0 Å². The predicted molar refractivity (Wildman–Crippen MR) is 74.5 cm³/mol. The van der Waals surface area contributed by atoms with Crippen LogP contribution in [-0.4, -0.2) is 42.3 Å². The van der Waals surface area contributed by atoms with Crippen LogP contribution in [-0.2, 0) is 9.59 Å². The summed E-state index contributed by atoms with van der Waals surface area (Å²) in [6, 6.07) is -0.359. The Morgan fingerprint density at radius 1 is 1.11 bits per heavy atom. The maximum absolute atomic E-state index is 11.9. The zero-order valence-corrected chi connectivity index (χ0v) is 12.5. The van der Waals surface area contributed by atoms with Gasteiger partial charge in [-0.05, 0) is 38.8 Å². The second-order valence-electron chi connectivity index (χ2n) is 5.18. The quantitative estimate of drug-likeness (QED) is 0.685. The van der Waals surface area contributed by atoms with E-state index in [0.717, 1.165) is 25.9 Å². The molecule has 1 unspecified atom stereocenters. The molecule has 1 N–H and O–H groups in total. The molecular formula is C14H28N2O2. The van der Waals surface area contributed by atoms with Crippen molar-refractivity contribution in [1.82, 2.24) is 10.2 Å². The Labute approximate surface area is 111 Å². The van der Waals surface area contributed by atoms with Crippen LogP contribution in [0.5, 0.6) is 0 Å². The number of amides is 1. The van der Waals surface area contributed by atoms with Crippen LogP contribution < -0.4 is 5.32 Å². The highest BCUT2D eigenvalue weighted by Crippen LogP contribution is 2.03. The predicted octanol–water partition coefficient (Wildman–Crippen LogP) is 1.84. The molecule has 0 saturated carbocycles. The summed E-state index contributed by atoms with van der Waals surface area (Å²) < 4.78 is 0. The van der Waals surface area contributed by atoms with Crippen LogP contribution >= 0.6 is 0 Å². The second-order valence-corrected chi connectivity index (χ2v) is 5.18. The Morgan fingerprint density at radius 2 is 1.61 bits per heavy atom. The summed E-state index contributed by atoms with van der Waals surface area (Å²) in [5.74, 6) is 0.110. The molecular weight excluding hydrogens is 228 g/mol. The highest BCUT2D eigenvalue weighted by atomic mass is 16.2. The third-order valence-corrected chi connectivity index (χ3v) is 2.87. The smallest absolute Gasteiger partial charge is 0.234 e. The van der Waals surface area contributed by atoms with Crippen LogP contribution in [0.2, 0.25) is 0 Å². The van der Waals surface area contributed by atoms with Gasteiger partial charge in [-0.2, -0.15) is 0 Å². The first-order chi connectivity index (χ1) is 8.42. The molecule has 0 saturated heterocycles. The highest BCUT2D eigenvalue weighted by molar-refractivity contribution is 5.88. The summed E-state index contributed by atoms with van der Waals surface area (Å²) in [6.07, 6.45) is 2.07. The van der Waals surface area contributed by atoms with Crippen LogP contribution in [0.4, 0.5) is 0 Å². The summed E-state index contributed by atoms with van der Waals surface area (Å²) in [4.78, 5) is 25.5. The van der Waals surface area contributed by atoms with Crippen molar-refractivity contribution < 1.29 is 9.59 Å². The van der Waals surface area contributed by atoms with E-state index < -0.39 is 0 Å². The van der Waals surface area contributed by atoms with Gasteiger partial charge in [-0.3, -0.25) is 14.5 Å². The zero-order chi connectivity index (χ0) is 14.1. The molecule has 0 radical (unpaired) electrons. The Morgan fingerprint density at radius 3 is 1.94 bits per heavy atom. The van der Waals surface area contributed by atoms with Gasteiger partial charge in [-0.15, -0.1) is 0 Å². The number of carbonyl (C=O) groups excluding carboxylic acids is 2. The van der Waals surface area contributed by atoms with Crippen molar-refractivity contribution in [2.45, 2.75) is 53.5 Å². The zero-order valence-electron chi connectivity index (χ0n) is 12.5. The highest BCUT2D eigenvalue weighted by Gasteiger charge is 2.21. The lowest BCUT2D eigenvalue weighted by molar-refractivity contribution is -0.128. The number of nitrogens with zero attached hydrogens (tertiary/aromatic N) is 1. The number of carbonyl (C=O) groups is 2. The SMILES string of the molecule is CCCN(CCC)CC(=O)NC(C(C)=O)C(C)C. The standard InChI is InChI=1S/C14H28N2O2/c1-6-8-16(9-7-2)10-13(18)15-14(11(3)4)12(5)17/h11,14H,6-10H2,1-5H3,(H,15,18). The molecule has 0 fully saturated rings. The van der Waals surface area contributed by atoms with Crippen molar-refractivity contribution in [3.8, 4) is 0 Å². The molecule has 4 heteroatoms. The lowest BCUT2D eigenvalue weighted by Gasteiger charge is -2.24. The third kappa shape index (κ3) is 6.74. The fourth-order valence-electron chi connectivity index (χ4n) is 2.06. The van der Waals surface area contributed by atoms with Crippen LogP contribution in [0.15, 0.2) is 0 Å². The molecule has 0 spiro atoms. The molecule has 0 aliphatic heterocycles. The topological polar surface area (TPSA) is 49.4 Å². The van der Waals surface area contributed by atoms with Crippen molar-refractivity contribution >= 4 is 11.7 Å². The molecule has 0 bridgehead atoms. The number of Topliss-reactive ketones (excluding diaryl/α,β-unsaturated/α-hetero) is 1. The minimum absolute atomic E-state index is 0.0240. The fourth-order valence-corrected chi connectivity index (χ4v) is 2.06. The number of hydrogen-bond acceptors (Lipinski definition) is 3. The Kier molecular flexibility index (Phi) is 8.63. The van der Waals surface area contributed by atoms with Crippen LogP contribution in [0.25, 0.3) is 0 Å². The Bertz CT molecular complexity index is 259. The summed E-state index contributed by atoms with van der Waals surface area (Å²) in [7, 11) is 0. The minimum atomic E-state index is -0.359. The molecule has 18 heavy (non-hydrogen) atoms. The Balaban J connectivity index is 4.32. The van der Waals surface area contributed by atoms with E-state index in [4.69, 9.17) is 0 Å². The first-order valence-electron chi connectivity index (χ1n) is 6.94. The van der Waals surface area contributed by atoms with Crippen molar-refractivity contribution in [3.63, 3.8) is 0 Å². The Hall–Kier alpha value is -0.900. The van der Waals surface area contributed by atoms with Gasteiger partial charge in [0.25, 0.3) is 0 Å². The molecule has 106 valence electrons. The van der Waals surface area contributed by atoms with E-state index in [1.165, 1.54) is 6.92 Å². The van der Waals surface area contributed by atoms with Gasteiger partial charge in [0.15, 0.2) is 5.78 Å². The maximum Gasteiger partial charge on any atom is 0.234 e. The number of rotatable bonds is 9. The van der Waals surface area contributed by atoms with Crippen LogP contribution in [0, 0.1) is 5.92 Å². The molecule has 0 aromatic heterocycles. The van der Waals surface area contributed by atoms with Crippen molar-refractivity contribution in [2.75, 3.05) is 19.6 Å². The van der Waals surface area contributed by atoms with Crippen molar-refractivity contribution in [3.05, 3.63) is 0 Å². The van der Waals surface area contributed by atoms with E-state index in [2.05, 4.69) is 24.1 Å². The van der Waals surface area contributed by atoms with E-state index in [-0.39, 0.29) is 23.7 Å². The van der Waals surface area contributed by atoms with E-state index in [9.17, 15) is 9.59 Å². The number of nitrogens with one attached hydrogen (secondary N) is 1. The first kappa shape index (κ1) is 17.1. The van der Waals surface area contributed by atoms with Crippen LogP contribution in [0.3, 0.4) is 0 Å². The van der Waals surface area contributed by atoms with Gasteiger partial charge in [-0.1, -0.05) is 27.7 Å².